The zero-order chi connectivity index (χ0) is 14.1. The van der Waals surface area contributed by atoms with Crippen LogP contribution in [-0.4, -0.2) is 20.9 Å². The lowest BCUT2D eigenvalue weighted by atomic mass is 10.2. The van der Waals surface area contributed by atoms with E-state index in [4.69, 9.17) is 4.42 Å². The summed E-state index contributed by atoms with van der Waals surface area (Å²) < 4.78 is 4.95. The molecule has 0 radical (unpaired) electrons. The number of benzene rings is 1. The van der Waals surface area contributed by atoms with Crippen molar-refractivity contribution in [2.24, 2.45) is 0 Å². The van der Waals surface area contributed by atoms with Crippen molar-refractivity contribution in [1.82, 2.24) is 15.0 Å². The van der Waals surface area contributed by atoms with Crippen molar-refractivity contribution in [3.05, 3.63) is 57.2 Å². The van der Waals surface area contributed by atoms with Gasteiger partial charge >= 0.3 is 5.76 Å². The van der Waals surface area contributed by atoms with Crippen LogP contribution in [0.2, 0.25) is 0 Å². The fourth-order valence-electron chi connectivity index (χ4n) is 1.72. The molecule has 20 heavy (non-hydrogen) atoms. The maximum Gasteiger partial charge on any atom is 0.417 e. The van der Waals surface area contributed by atoms with E-state index >= 15 is 0 Å². The summed E-state index contributed by atoms with van der Waals surface area (Å²) in [6.07, 6.45) is 2.21. The predicted molar refractivity (Wildman–Crippen MR) is 69.6 cm³/mol. The van der Waals surface area contributed by atoms with Crippen molar-refractivity contribution in [1.29, 1.82) is 0 Å². The summed E-state index contributed by atoms with van der Waals surface area (Å²) in [5, 5.41) is 2.56. The number of aromatic nitrogens is 3. The van der Waals surface area contributed by atoms with Crippen LogP contribution in [0.5, 0.6) is 0 Å². The third kappa shape index (κ3) is 2.09. The molecule has 0 spiro atoms. The third-order valence-electron chi connectivity index (χ3n) is 2.60. The second-order valence-electron chi connectivity index (χ2n) is 3.95. The van der Waals surface area contributed by atoms with Gasteiger partial charge in [-0.05, 0) is 12.1 Å². The fraction of sp³-hybridized carbons (Fsp3) is 0. The number of H-pyrrole nitrogens is 2. The number of amides is 1. The molecule has 0 aliphatic heterocycles. The minimum absolute atomic E-state index is 0.0412. The highest BCUT2D eigenvalue weighted by Gasteiger charge is 2.12. The van der Waals surface area contributed by atoms with Gasteiger partial charge in [-0.25, -0.2) is 9.78 Å². The molecule has 0 saturated heterocycles. The molecule has 8 nitrogen and oxygen atoms in total. The van der Waals surface area contributed by atoms with Crippen LogP contribution in [0.1, 0.15) is 10.5 Å². The molecule has 1 amide bonds. The maximum atomic E-state index is 12.0. The van der Waals surface area contributed by atoms with E-state index in [0.717, 1.165) is 6.20 Å². The van der Waals surface area contributed by atoms with Gasteiger partial charge in [0, 0.05) is 6.20 Å². The monoisotopic (exact) mass is 272 g/mol. The molecule has 0 bridgehead atoms. The number of rotatable bonds is 2. The Labute approximate surface area is 110 Å². The van der Waals surface area contributed by atoms with Crippen molar-refractivity contribution in [2.45, 2.75) is 0 Å². The lowest BCUT2D eigenvalue weighted by molar-refractivity contribution is 0.102. The Morgan fingerprint density at radius 1 is 1.30 bits per heavy atom. The lowest BCUT2D eigenvalue weighted by Gasteiger charge is -2.04. The van der Waals surface area contributed by atoms with E-state index in [2.05, 4.69) is 20.3 Å². The summed E-state index contributed by atoms with van der Waals surface area (Å²) in [5.74, 6) is -1.14. The van der Waals surface area contributed by atoms with Gasteiger partial charge in [-0.15, -0.1) is 0 Å². The number of hydrogen-bond donors (Lipinski definition) is 3. The average molecular weight is 272 g/mol. The predicted octanol–water partition coefficient (Wildman–Crippen LogP) is 0.457. The fourth-order valence-corrected chi connectivity index (χ4v) is 1.72. The highest BCUT2D eigenvalue weighted by molar-refractivity contribution is 6.06. The van der Waals surface area contributed by atoms with Crippen LogP contribution in [0.25, 0.3) is 11.1 Å². The van der Waals surface area contributed by atoms with Gasteiger partial charge in [0.05, 0.1) is 17.4 Å². The number of hydrogen-bond acceptors (Lipinski definition) is 5. The van der Waals surface area contributed by atoms with Crippen LogP contribution >= 0.6 is 0 Å². The molecule has 0 saturated carbocycles. The van der Waals surface area contributed by atoms with Crippen molar-refractivity contribution in [3.63, 3.8) is 0 Å². The van der Waals surface area contributed by atoms with Crippen LogP contribution in [-0.2, 0) is 0 Å². The summed E-state index contributed by atoms with van der Waals surface area (Å²) in [7, 11) is 0. The van der Waals surface area contributed by atoms with Gasteiger partial charge in [-0.2, -0.15) is 0 Å². The Balaban J connectivity index is 1.96. The summed E-state index contributed by atoms with van der Waals surface area (Å²) in [6, 6.07) is 4.89. The highest BCUT2D eigenvalue weighted by atomic mass is 16.4. The molecule has 1 aromatic carbocycles. The molecular weight excluding hydrogens is 264 g/mol. The quantitative estimate of drug-likeness (QED) is 0.625. The number of oxazole rings is 1. The smallest absolute Gasteiger partial charge is 0.406 e. The summed E-state index contributed by atoms with van der Waals surface area (Å²) >= 11 is 0. The van der Waals surface area contributed by atoms with E-state index in [9.17, 15) is 14.4 Å². The Morgan fingerprint density at radius 2 is 2.15 bits per heavy atom. The van der Waals surface area contributed by atoms with Crippen molar-refractivity contribution in [2.75, 3.05) is 5.32 Å². The van der Waals surface area contributed by atoms with Crippen LogP contribution in [0.4, 0.5) is 5.69 Å². The number of carbonyl (C=O) groups is 1. The first-order valence-corrected chi connectivity index (χ1v) is 5.61. The SMILES string of the molecule is O=C(Nc1cccc2[nH]c(=O)oc12)c1c[nH]c(=O)cn1. The number of nitrogens with zero attached hydrogens (tertiary/aromatic N) is 1. The average Bonchev–Trinajstić information content (AvgIpc) is 2.81. The molecule has 3 N–H and O–H groups in total. The Kier molecular flexibility index (Phi) is 2.68. The molecule has 2 aromatic heterocycles. The van der Waals surface area contributed by atoms with Gasteiger partial charge in [-0.1, -0.05) is 6.07 Å². The van der Waals surface area contributed by atoms with Crippen molar-refractivity contribution < 1.29 is 9.21 Å². The number of nitrogens with one attached hydrogen (secondary N) is 3. The van der Waals surface area contributed by atoms with Gasteiger partial charge in [0.1, 0.15) is 5.69 Å². The second kappa shape index (κ2) is 4.50. The second-order valence-corrected chi connectivity index (χ2v) is 3.95. The topological polar surface area (TPSA) is 121 Å². The van der Waals surface area contributed by atoms with Gasteiger partial charge in [-0.3, -0.25) is 14.6 Å². The molecule has 0 aliphatic carbocycles. The normalized spacial score (nSPS) is 10.6. The largest absolute Gasteiger partial charge is 0.417 e. The lowest BCUT2D eigenvalue weighted by Crippen LogP contribution is -2.17. The van der Waals surface area contributed by atoms with Crippen LogP contribution in [0.15, 0.2) is 44.6 Å². The van der Waals surface area contributed by atoms with E-state index in [0.29, 0.717) is 11.2 Å². The molecule has 100 valence electrons. The molecule has 0 atom stereocenters. The minimum atomic E-state index is -0.608. The Bertz CT molecular complexity index is 885. The number of para-hydroxylation sites is 1. The van der Waals surface area contributed by atoms with Gasteiger partial charge in [0.25, 0.3) is 11.5 Å². The van der Waals surface area contributed by atoms with E-state index < -0.39 is 17.2 Å². The number of anilines is 1. The molecule has 3 rings (SSSR count). The van der Waals surface area contributed by atoms with Crippen LogP contribution < -0.4 is 16.6 Å². The number of aromatic amines is 2. The van der Waals surface area contributed by atoms with Crippen molar-refractivity contribution in [3.8, 4) is 0 Å². The van der Waals surface area contributed by atoms with Gasteiger partial charge in [0.15, 0.2) is 5.58 Å². The zero-order valence-electron chi connectivity index (χ0n) is 9.97. The van der Waals surface area contributed by atoms with Gasteiger partial charge in [0.2, 0.25) is 0 Å². The van der Waals surface area contributed by atoms with Gasteiger partial charge < -0.3 is 14.7 Å². The van der Waals surface area contributed by atoms with E-state index in [1.54, 1.807) is 18.2 Å². The first-order chi connectivity index (χ1) is 9.63. The summed E-state index contributed by atoms with van der Waals surface area (Å²) in [4.78, 5) is 42.5. The summed E-state index contributed by atoms with van der Waals surface area (Å²) in [6.45, 7) is 0. The maximum absolute atomic E-state index is 12.0. The first kappa shape index (κ1) is 11.9. The molecule has 8 heteroatoms. The standard InChI is InChI=1S/C12H8N4O4/c17-9-5-13-8(4-14-9)11(18)15-6-2-1-3-7-10(6)20-12(19)16-7/h1-5H,(H,14,17)(H,15,18)(H,16,19). The number of carbonyl (C=O) groups excluding carboxylic acids is 1. The summed E-state index contributed by atoms with van der Waals surface area (Å²) in [5.41, 5.74) is 0.691. The van der Waals surface area contributed by atoms with Crippen LogP contribution in [0.3, 0.4) is 0 Å². The minimum Gasteiger partial charge on any atom is -0.406 e. The molecule has 0 unspecified atom stereocenters. The number of fused-ring (bicyclic) bond motifs is 1. The Morgan fingerprint density at radius 3 is 2.90 bits per heavy atom. The Hall–Kier alpha value is -3.16. The molecule has 3 aromatic rings. The van der Waals surface area contributed by atoms with E-state index in [-0.39, 0.29) is 11.3 Å². The van der Waals surface area contributed by atoms with Crippen molar-refractivity contribution >= 4 is 22.7 Å². The molecular formula is C12H8N4O4. The van der Waals surface area contributed by atoms with E-state index in [1.165, 1.54) is 6.20 Å². The molecule has 0 aliphatic rings. The third-order valence-corrected chi connectivity index (χ3v) is 2.60. The first-order valence-electron chi connectivity index (χ1n) is 5.61. The zero-order valence-corrected chi connectivity index (χ0v) is 9.97. The highest BCUT2D eigenvalue weighted by Crippen LogP contribution is 2.20. The van der Waals surface area contributed by atoms with Crippen LogP contribution in [0, 0.1) is 0 Å². The molecule has 0 fully saturated rings. The van der Waals surface area contributed by atoms with E-state index in [1.807, 2.05) is 0 Å². The molecule has 2 heterocycles.